The van der Waals surface area contributed by atoms with Crippen LogP contribution >= 0.6 is 0 Å². The van der Waals surface area contributed by atoms with Gasteiger partial charge in [0.05, 0.1) is 25.4 Å². The van der Waals surface area contributed by atoms with Gasteiger partial charge in [0.1, 0.15) is 11.6 Å². The summed E-state index contributed by atoms with van der Waals surface area (Å²) in [6, 6.07) is 13.5. The van der Waals surface area contributed by atoms with Crippen LogP contribution < -0.4 is 4.74 Å². The van der Waals surface area contributed by atoms with E-state index in [0.717, 1.165) is 22.6 Å². The molecule has 0 radical (unpaired) electrons. The quantitative estimate of drug-likeness (QED) is 0.720. The number of ether oxygens (including phenoxy) is 1. The van der Waals surface area contributed by atoms with Gasteiger partial charge in [-0.3, -0.25) is 14.5 Å². The first-order valence-corrected chi connectivity index (χ1v) is 10.7. The summed E-state index contributed by atoms with van der Waals surface area (Å²) in [6.07, 6.45) is 0.543. The van der Waals surface area contributed by atoms with Crippen molar-refractivity contribution in [2.24, 2.45) is 5.10 Å². The number of carbonyl (C=O) groups excluding carboxylic acids is 2. The third-order valence-electron chi connectivity index (χ3n) is 6.02. The van der Waals surface area contributed by atoms with Gasteiger partial charge in [0.25, 0.3) is 5.91 Å². The average molecular weight is 439 g/mol. The lowest BCUT2D eigenvalue weighted by molar-refractivity contribution is -0.135. The Kier molecular flexibility index (Phi) is 6.50. The van der Waals surface area contributed by atoms with E-state index in [1.165, 1.54) is 17.1 Å². The van der Waals surface area contributed by atoms with Crippen molar-refractivity contribution in [3.8, 4) is 5.75 Å². The fourth-order valence-corrected chi connectivity index (χ4v) is 4.13. The molecule has 2 aliphatic heterocycles. The van der Waals surface area contributed by atoms with Gasteiger partial charge in [-0.05, 0) is 47.5 Å². The second kappa shape index (κ2) is 9.48. The predicted molar refractivity (Wildman–Crippen MR) is 119 cm³/mol. The van der Waals surface area contributed by atoms with Gasteiger partial charge in [0.15, 0.2) is 0 Å². The van der Waals surface area contributed by atoms with Crippen LogP contribution in [0.2, 0.25) is 0 Å². The second-order valence-corrected chi connectivity index (χ2v) is 8.07. The molecule has 2 aromatic carbocycles. The van der Waals surface area contributed by atoms with Gasteiger partial charge in [0.2, 0.25) is 5.91 Å². The van der Waals surface area contributed by atoms with E-state index in [4.69, 9.17) is 4.74 Å². The normalized spacial score (nSPS) is 19.1. The van der Waals surface area contributed by atoms with E-state index in [-0.39, 0.29) is 30.2 Å². The minimum atomic E-state index is -0.315. The third kappa shape index (κ3) is 4.80. The fraction of sp³-hybridized carbons (Fsp3) is 0.375. The molecule has 2 aromatic rings. The number of halogens is 1. The van der Waals surface area contributed by atoms with Crippen LogP contribution in [0.25, 0.3) is 0 Å². The summed E-state index contributed by atoms with van der Waals surface area (Å²) in [5.41, 5.74) is 2.56. The molecule has 2 heterocycles. The van der Waals surface area contributed by atoms with Gasteiger partial charge in [0, 0.05) is 39.5 Å². The fourth-order valence-electron chi connectivity index (χ4n) is 4.13. The number of piperazine rings is 1. The molecule has 0 spiro atoms. The number of hydrazone groups is 1. The topological polar surface area (TPSA) is 65.5 Å². The molecule has 0 aliphatic carbocycles. The molecule has 0 N–H and O–H groups in total. The summed E-state index contributed by atoms with van der Waals surface area (Å²) >= 11 is 0. The van der Waals surface area contributed by atoms with E-state index in [0.29, 0.717) is 32.6 Å². The molecule has 1 fully saturated rings. The lowest BCUT2D eigenvalue weighted by Gasteiger charge is -2.34. The third-order valence-corrected chi connectivity index (χ3v) is 6.02. The van der Waals surface area contributed by atoms with Crippen molar-refractivity contribution >= 4 is 17.5 Å². The van der Waals surface area contributed by atoms with Crippen LogP contribution in [0.5, 0.6) is 5.75 Å². The van der Waals surface area contributed by atoms with Crippen LogP contribution in [0.3, 0.4) is 0 Å². The van der Waals surface area contributed by atoms with Gasteiger partial charge < -0.3 is 9.64 Å². The van der Waals surface area contributed by atoms with Crippen molar-refractivity contribution in [1.82, 2.24) is 14.8 Å². The molecule has 2 aliphatic rings. The molecule has 4 rings (SSSR count). The van der Waals surface area contributed by atoms with Crippen molar-refractivity contribution in [1.29, 1.82) is 0 Å². The average Bonchev–Trinajstić information content (AvgIpc) is 3.25. The summed E-state index contributed by atoms with van der Waals surface area (Å²) in [5.74, 6) is 0.379. The van der Waals surface area contributed by atoms with E-state index in [1.54, 1.807) is 31.1 Å². The Labute approximate surface area is 187 Å². The molecule has 168 valence electrons. The molecule has 8 heteroatoms. The number of hydrogen-bond donors (Lipinski definition) is 0. The molecule has 32 heavy (non-hydrogen) atoms. The number of nitrogens with zero attached hydrogens (tertiary/aromatic N) is 4. The Hall–Kier alpha value is -3.26. The summed E-state index contributed by atoms with van der Waals surface area (Å²) in [4.78, 5) is 28.6. The molecule has 7 nitrogen and oxygen atoms in total. The predicted octanol–water partition coefficient (Wildman–Crippen LogP) is 2.68. The number of rotatable bonds is 5. The monoisotopic (exact) mass is 438 g/mol. The molecule has 0 aromatic heterocycles. The zero-order valence-electron chi connectivity index (χ0n) is 18.3. The maximum atomic E-state index is 13.5. The largest absolute Gasteiger partial charge is 0.497 e. The molecular weight excluding hydrogens is 411 g/mol. The van der Waals surface area contributed by atoms with Gasteiger partial charge >= 0.3 is 0 Å². The highest BCUT2D eigenvalue weighted by molar-refractivity contribution is 6.03. The van der Waals surface area contributed by atoms with Crippen molar-refractivity contribution in [3.63, 3.8) is 0 Å². The lowest BCUT2D eigenvalue weighted by atomic mass is 9.98. The van der Waals surface area contributed by atoms with E-state index >= 15 is 0 Å². The maximum absolute atomic E-state index is 13.5. The Morgan fingerprint density at radius 2 is 1.69 bits per heavy atom. The van der Waals surface area contributed by atoms with Crippen molar-refractivity contribution in [3.05, 3.63) is 65.5 Å². The molecule has 2 amide bonds. The number of carbonyl (C=O) groups is 2. The van der Waals surface area contributed by atoms with Crippen LogP contribution in [0, 0.1) is 5.82 Å². The first kappa shape index (κ1) is 22.0. The summed E-state index contributed by atoms with van der Waals surface area (Å²) in [7, 11) is 1.61. The Bertz CT molecular complexity index is 999. The minimum absolute atomic E-state index is 0.0561. The lowest BCUT2D eigenvalue weighted by Crippen LogP contribution is -2.50. The maximum Gasteiger partial charge on any atom is 0.257 e. The minimum Gasteiger partial charge on any atom is -0.497 e. The van der Waals surface area contributed by atoms with Crippen LogP contribution in [-0.2, 0) is 9.59 Å². The summed E-state index contributed by atoms with van der Waals surface area (Å²) in [6.45, 7) is 4.32. The van der Waals surface area contributed by atoms with Crippen LogP contribution in [0.15, 0.2) is 53.6 Å². The molecular formula is C24H27FN4O3. The van der Waals surface area contributed by atoms with Crippen LogP contribution in [-0.4, -0.2) is 72.2 Å². The number of amides is 2. The Morgan fingerprint density at radius 3 is 2.28 bits per heavy atom. The Balaban J connectivity index is 1.53. The zero-order valence-corrected chi connectivity index (χ0v) is 18.3. The summed E-state index contributed by atoms with van der Waals surface area (Å²) in [5, 5.41) is 6.21. The SMILES string of the molecule is COc1ccc(C2=NN(C(=O)CN3CCN(C(C)=O)CC3)C(c3ccc(F)cc3)C2)cc1. The van der Waals surface area contributed by atoms with Crippen molar-refractivity contribution in [2.45, 2.75) is 19.4 Å². The number of benzene rings is 2. The molecule has 1 unspecified atom stereocenters. The number of hydrogen-bond acceptors (Lipinski definition) is 5. The second-order valence-electron chi connectivity index (χ2n) is 8.07. The van der Waals surface area contributed by atoms with Crippen LogP contribution in [0.4, 0.5) is 4.39 Å². The van der Waals surface area contributed by atoms with Gasteiger partial charge in [-0.15, -0.1) is 0 Å². The summed E-state index contributed by atoms with van der Waals surface area (Å²) < 4.78 is 18.7. The standard InChI is InChI=1S/C24H27FN4O3/c1-17(30)28-13-11-27(12-14-28)16-24(31)29-23(19-3-7-20(25)8-4-19)15-22(26-29)18-5-9-21(32-2)10-6-18/h3-10,23H,11-16H2,1-2H3. The van der Waals surface area contributed by atoms with Gasteiger partial charge in [-0.2, -0.15) is 5.10 Å². The number of methoxy groups -OCH3 is 1. The Morgan fingerprint density at radius 1 is 1.03 bits per heavy atom. The highest BCUT2D eigenvalue weighted by Gasteiger charge is 2.34. The molecule has 1 atom stereocenters. The smallest absolute Gasteiger partial charge is 0.257 e. The van der Waals surface area contributed by atoms with E-state index in [9.17, 15) is 14.0 Å². The van der Waals surface area contributed by atoms with Crippen molar-refractivity contribution in [2.75, 3.05) is 39.8 Å². The van der Waals surface area contributed by atoms with E-state index < -0.39 is 0 Å². The van der Waals surface area contributed by atoms with Gasteiger partial charge in [-0.1, -0.05) is 12.1 Å². The van der Waals surface area contributed by atoms with Gasteiger partial charge in [-0.25, -0.2) is 9.40 Å². The first-order chi connectivity index (χ1) is 15.4. The zero-order chi connectivity index (χ0) is 22.7. The molecule has 0 saturated carbocycles. The highest BCUT2D eigenvalue weighted by atomic mass is 19.1. The van der Waals surface area contributed by atoms with E-state index in [1.807, 2.05) is 29.2 Å². The highest BCUT2D eigenvalue weighted by Crippen LogP contribution is 2.33. The van der Waals surface area contributed by atoms with Crippen LogP contribution in [0.1, 0.15) is 30.5 Å². The van der Waals surface area contributed by atoms with Crippen molar-refractivity contribution < 1.29 is 18.7 Å². The molecule has 0 bridgehead atoms. The van der Waals surface area contributed by atoms with E-state index in [2.05, 4.69) is 5.10 Å². The first-order valence-electron chi connectivity index (χ1n) is 10.7. The molecule has 1 saturated heterocycles.